The largest absolute Gasteiger partial charge is 0.291 e. The van der Waals surface area contributed by atoms with Crippen LogP contribution in [-0.2, 0) is 11.2 Å². The normalized spacial score (nSPS) is 9.64. The zero-order chi connectivity index (χ0) is 8.27. The maximum absolute atomic E-state index is 10.1. The molecule has 0 spiro atoms. The lowest BCUT2D eigenvalue weighted by Gasteiger charge is -1.98. The topological polar surface area (TPSA) is 17.1 Å². The molecule has 0 amide bonds. The Labute approximate surface area is 82.1 Å². The predicted octanol–water partition coefficient (Wildman–Crippen LogP) is 2.86. The summed E-state index contributed by atoms with van der Waals surface area (Å²) in [6.07, 6.45) is 2.18. The quantitative estimate of drug-likeness (QED) is 0.812. The molecular weight excluding hydrogens is 272 g/mol. The molecule has 0 saturated carbocycles. The Bertz CT molecular complexity index is 271. The fourth-order valence-corrected chi connectivity index (χ4v) is 1.55. The van der Waals surface area contributed by atoms with E-state index in [9.17, 15) is 4.79 Å². The van der Waals surface area contributed by atoms with Gasteiger partial charge in [-0.25, -0.2) is 0 Å². The minimum atomic E-state index is 0.333. The molecule has 0 heterocycles. The number of rotatable bonds is 2. The Morgan fingerprint density at radius 3 is 2.73 bits per heavy atom. The van der Waals surface area contributed by atoms with Crippen LogP contribution < -0.4 is 0 Å². The third-order valence-corrected chi connectivity index (χ3v) is 2.54. The number of benzene rings is 1. The van der Waals surface area contributed by atoms with Crippen LogP contribution in [0, 0.1) is 0 Å². The highest BCUT2D eigenvalue weighted by Crippen LogP contribution is 2.21. The first-order valence-corrected chi connectivity index (χ1v) is 4.61. The van der Waals surface area contributed by atoms with Crippen molar-refractivity contribution in [3.63, 3.8) is 0 Å². The van der Waals surface area contributed by atoms with Crippen molar-refractivity contribution in [2.45, 2.75) is 6.42 Å². The summed E-state index contributed by atoms with van der Waals surface area (Å²) in [6, 6.07) is 5.71. The van der Waals surface area contributed by atoms with Gasteiger partial charge >= 0.3 is 0 Å². The van der Waals surface area contributed by atoms with Crippen molar-refractivity contribution >= 4 is 38.1 Å². The first-order chi connectivity index (χ1) is 5.24. The van der Waals surface area contributed by atoms with Gasteiger partial charge in [0.1, 0.15) is 0 Å². The van der Waals surface area contributed by atoms with Crippen LogP contribution in [0.4, 0.5) is 0 Å². The standard InChI is InChI=1S/C8H5Br2O/c9-7-1-2-8(10)6(5-7)3-4-11/h1-2,5H,3H2. The highest BCUT2D eigenvalue weighted by atomic mass is 79.9. The summed E-state index contributed by atoms with van der Waals surface area (Å²) < 4.78 is 1.93. The van der Waals surface area contributed by atoms with E-state index in [4.69, 9.17) is 0 Å². The number of hydrogen-bond acceptors (Lipinski definition) is 1. The lowest BCUT2D eigenvalue weighted by molar-refractivity contribution is 0.555. The van der Waals surface area contributed by atoms with Crippen LogP contribution in [0.1, 0.15) is 5.56 Å². The molecule has 1 nitrogen and oxygen atoms in total. The van der Waals surface area contributed by atoms with Gasteiger partial charge in [0, 0.05) is 15.4 Å². The lowest BCUT2D eigenvalue weighted by Crippen LogP contribution is -1.86. The third kappa shape index (κ3) is 2.42. The summed E-state index contributed by atoms with van der Waals surface area (Å²) in [7, 11) is 0. The smallest absolute Gasteiger partial charge is 0.203 e. The van der Waals surface area contributed by atoms with E-state index in [-0.39, 0.29) is 0 Å². The summed E-state index contributed by atoms with van der Waals surface area (Å²) in [5, 5.41) is 0. The summed E-state index contributed by atoms with van der Waals surface area (Å²) in [6.45, 7) is 0. The zero-order valence-electron chi connectivity index (χ0n) is 5.60. The second-order valence-electron chi connectivity index (χ2n) is 2.06. The van der Waals surface area contributed by atoms with Crippen LogP contribution in [0.2, 0.25) is 0 Å². The van der Waals surface area contributed by atoms with Gasteiger partial charge < -0.3 is 0 Å². The van der Waals surface area contributed by atoms with Gasteiger partial charge in [-0.1, -0.05) is 31.9 Å². The van der Waals surface area contributed by atoms with Gasteiger partial charge in [0.05, 0.1) is 0 Å². The second-order valence-corrected chi connectivity index (χ2v) is 3.83. The van der Waals surface area contributed by atoms with Crippen molar-refractivity contribution in [1.82, 2.24) is 0 Å². The average Bonchev–Trinajstić information content (AvgIpc) is 1.98. The van der Waals surface area contributed by atoms with E-state index in [0.29, 0.717) is 6.42 Å². The highest BCUT2D eigenvalue weighted by molar-refractivity contribution is 9.11. The fourth-order valence-electron chi connectivity index (χ4n) is 0.757. The summed E-state index contributed by atoms with van der Waals surface area (Å²) in [4.78, 5) is 10.1. The Kier molecular flexibility index (Phi) is 3.27. The van der Waals surface area contributed by atoms with Gasteiger partial charge in [0.15, 0.2) is 0 Å². The van der Waals surface area contributed by atoms with E-state index in [1.54, 1.807) is 0 Å². The minimum absolute atomic E-state index is 0.333. The van der Waals surface area contributed by atoms with Crippen LogP contribution in [0.15, 0.2) is 27.1 Å². The van der Waals surface area contributed by atoms with Crippen molar-refractivity contribution in [2.75, 3.05) is 0 Å². The van der Waals surface area contributed by atoms with Crippen LogP contribution in [0.3, 0.4) is 0 Å². The number of hydrogen-bond donors (Lipinski definition) is 0. The monoisotopic (exact) mass is 275 g/mol. The minimum Gasteiger partial charge on any atom is -0.291 e. The molecule has 0 aliphatic carbocycles. The Balaban J connectivity index is 3.01. The molecule has 1 aromatic rings. The molecule has 0 saturated heterocycles. The van der Waals surface area contributed by atoms with Crippen LogP contribution >= 0.6 is 31.9 Å². The van der Waals surface area contributed by atoms with E-state index < -0.39 is 0 Å². The molecule has 3 heteroatoms. The molecule has 1 radical (unpaired) electrons. The fraction of sp³-hybridized carbons (Fsp3) is 0.125. The SMILES string of the molecule is O=[C]Cc1cc(Br)ccc1Br. The maximum atomic E-state index is 10.1. The predicted molar refractivity (Wildman–Crippen MR) is 51.2 cm³/mol. The van der Waals surface area contributed by atoms with Crippen LogP contribution in [0.5, 0.6) is 0 Å². The first-order valence-electron chi connectivity index (χ1n) is 3.03. The van der Waals surface area contributed by atoms with E-state index in [0.717, 1.165) is 14.5 Å². The van der Waals surface area contributed by atoms with Gasteiger partial charge in [0.2, 0.25) is 6.29 Å². The molecule has 0 unspecified atom stereocenters. The molecule has 0 N–H and O–H groups in total. The van der Waals surface area contributed by atoms with Gasteiger partial charge in [-0.15, -0.1) is 0 Å². The van der Waals surface area contributed by atoms with Gasteiger partial charge in [-0.3, -0.25) is 4.79 Å². The van der Waals surface area contributed by atoms with Gasteiger partial charge in [0.25, 0.3) is 0 Å². The lowest BCUT2D eigenvalue weighted by atomic mass is 10.2. The number of halogens is 2. The van der Waals surface area contributed by atoms with Crippen molar-refractivity contribution in [2.24, 2.45) is 0 Å². The molecular formula is C8H5Br2O. The highest BCUT2D eigenvalue weighted by Gasteiger charge is 1.99. The first kappa shape index (κ1) is 8.94. The second kappa shape index (κ2) is 4.02. The zero-order valence-corrected chi connectivity index (χ0v) is 8.78. The van der Waals surface area contributed by atoms with E-state index in [2.05, 4.69) is 31.9 Å². The van der Waals surface area contributed by atoms with Crippen molar-refractivity contribution < 1.29 is 4.79 Å². The van der Waals surface area contributed by atoms with E-state index in [1.807, 2.05) is 24.5 Å². The van der Waals surface area contributed by atoms with Crippen LogP contribution in [0.25, 0.3) is 0 Å². The Hall–Kier alpha value is -0.150. The van der Waals surface area contributed by atoms with E-state index >= 15 is 0 Å². The third-order valence-electron chi connectivity index (χ3n) is 1.27. The molecule has 0 fully saturated rings. The number of carbonyl (C=O) groups excluding carboxylic acids is 1. The van der Waals surface area contributed by atoms with Gasteiger partial charge in [-0.2, -0.15) is 0 Å². The van der Waals surface area contributed by atoms with Crippen molar-refractivity contribution in [3.05, 3.63) is 32.7 Å². The molecule has 0 aliphatic rings. The summed E-state index contributed by atoms with van der Waals surface area (Å²) in [5.74, 6) is 0. The molecule has 11 heavy (non-hydrogen) atoms. The van der Waals surface area contributed by atoms with E-state index in [1.165, 1.54) is 0 Å². The van der Waals surface area contributed by atoms with Crippen LogP contribution in [-0.4, -0.2) is 6.29 Å². The molecule has 1 aromatic carbocycles. The molecule has 1 rings (SSSR count). The summed E-state index contributed by atoms with van der Waals surface area (Å²) >= 11 is 6.65. The molecule has 0 aromatic heterocycles. The maximum Gasteiger partial charge on any atom is 0.203 e. The summed E-state index contributed by atoms with van der Waals surface area (Å²) in [5.41, 5.74) is 0.953. The van der Waals surface area contributed by atoms with Gasteiger partial charge in [-0.05, 0) is 23.8 Å². The molecule has 0 atom stereocenters. The Morgan fingerprint density at radius 2 is 2.09 bits per heavy atom. The van der Waals surface area contributed by atoms with Crippen molar-refractivity contribution in [3.8, 4) is 0 Å². The molecule has 0 aliphatic heterocycles. The molecule has 0 bridgehead atoms. The Morgan fingerprint density at radius 1 is 1.36 bits per heavy atom. The average molecular weight is 277 g/mol. The molecule has 57 valence electrons. The van der Waals surface area contributed by atoms with Crippen molar-refractivity contribution in [1.29, 1.82) is 0 Å².